The summed E-state index contributed by atoms with van der Waals surface area (Å²) >= 11 is 0. The van der Waals surface area contributed by atoms with Crippen LogP contribution in [0.15, 0.2) is 6.07 Å². The third-order valence-electron chi connectivity index (χ3n) is 3.90. The zero-order valence-corrected chi connectivity index (χ0v) is 15.0. The summed E-state index contributed by atoms with van der Waals surface area (Å²) in [7, 11) is 3.35. The first-order valence-electron chi connectivity index (χ1n) is 8.09. The van der Waals surface area contributed by atoms with Crippen molar-refractivity contribution in [1.29, 1.82) is 0 Å². The Balaban J connectivity index is 1.88. The lowest BCUT2D eigenvalue weighted by atomic mass is 9.92. The van der Waals surface area contributed by atoms with Crippen LogP contribution in [0.3, 0.4) is 0 Å². The molecule has 1 saturated heterocycles. The molecule has 1 fully saturated rings. The molecule has 0 aromatic carbocycles. The van der Waals surface area contributed by atoms with Gasteiger partial charge < -0.3 is 19.9 Å². The minimum Gasteiger partial charge on any atom is -0.365 e. The number of H-pyrrole nitrogens is 1. The average Bonchev–Trinajstić information content (AvgIpc) is 3.01. The molecule has 0 aliphatic carbocycles. The first-order valence-corrected chi connectivity index (χ1v) is 8.09. The SMILES string of the molecule is CN(C)C(=O)C1CN(C(=O)NCc2cc(C(C)(C)C)n[nH]2)CCO1. The van der Waals surface area contributed by atoms with Crippen molar-refractivity contribution in [2.24, 2.45) is 0 Å². The van der Waals surface area contributed by atoms with Gasteiger partial charge >= 0.3 is 6.03 Å². The minimum atomic E-state index is -0.598. The number of carbonyl (C=O) groups excluding carboxylic acids is 2. The van der Waals surface area contributed by atoms with E-state index in [1.54, 1.807) is 19.0 Å². The van der Waals surface area contributed by atoms with E-state index in [2.05, 4.69) is 36.3 Å². The van der Waals surface area contributed by atoms with Gasteiger partial charge in [0.15, 0.2) is 6.10 Å². The summed E-state index contributed by atoms with van der Waals surface area (Å²) in [5.41, 5.74) is 1.76. The van der Waals surface area contributed by atoms with E-state index in [0.29, 0.717) is 19.7 Å². The highest BCUT2D eigenvalue weighted by Gasteiger charge is 2.30. The van der Waals surface area contributed by atoms with Gasteiger partial charge in [-0.3, -0.25) is 9.89 Å². The van der Waals surface area contributed by atoms with Gasteiger partial charge in [0.1, 0.15) is 0 Å². The van der Waals surface area contributed by atoms with Gasteiger partial charge in [-0.15, -0.1) is 0 Å². The van der Waals surface area contributed by atoms with Crippen molar-refractivity contribution in [3.05, 3.63) is 17.5 Å². The molecule has 8 heteroatoms. The quantitative estimate of drug-likeness (QED) is 0.850. The molecule has 8 nitrogen and oxygen atoms in total. The normalized spacial score (nSPS) is 18.4. The molecule has 2 heterocycles. The summed E-state index contributed by atoms with van der Waals surface area (Å²) < 4.78 is 5.46. The molecule has 24 heavy (non-hydrogen) atoms. The number of aromatic nitrogens is 2. The number of nitrogens with one attached hydrogen (secondary N) is 2. The van der Waals surface area contributed by atoms with Crippen LogP contribution >= 0.6 is 0 Å². The van der Waals surface area contributed by atoms with Crippen LogP contribution in [-0.2, 0) is 21.5 Å². The summed E-state index contributed by atoms with van der Waals surface area (Å²) in [6.45, 7) is 7.71. The van der Waals surface area contributed by atoms with Gasteiger partial charge in [0.25, 0.3) is 5.91 Å². The number of ether oxygens (including phenoxy) is 1. The number of morpholine rings is 1. The van der Waals surface area contributed by atoms with Crippen LogP contribution in [0.1, 0.15) is 32.2 Å². The van der Waals surface area contributed by atoms with Gasteiger partial charge in [0.05, 0.1) is 31.1 Å². The van der Waals surface area contributed by atoms with E-state index in [-0.39, 0.29) is 23.9 Å². The molecule has 0 radical (unpaired) electrons. The van der Waals surface area contributed by atoms with E-state index in [1.807, 2.05) is 6.07 Å². The van der Waals surface area contributed by atoms with Gasteiger partial charge in [-0.2, -0.15) is 5.10 Å². The van der Waals surface area contributed by atoms with Crippen molar-refractivity contribution in [3.8, 4) is 0 Å². The summed E-state index contributed by atoms with van der Waals surface area (Å²) in [6, 6.07) is 1.75. The van der Waals surface area contributed by atoms with Crippen molar-refractivity contribution in [2.75, 3.05) is 33.8 Å². The first-order chi connectivity index (χ1) is 11.2. The molecule has 1 aliphatic heterocycles. The highest BCUT2D eigenvalue weighted by Crippen LogP contribution is 2.20. The third kappa shape index (κ3) is 4.47. The maximum atomic E-state index is 12.3. The summed E-state index contributed by atoms with van der Waals surface area (Å²) in [5.74, 6) is -0.129. The number of likely N-dealkylation sites (N-methyl/N-ethyl adjacent to an activating group) is 1. The Bertz CT molecular complexity index is 591. The van der Waals surface area contributed by atoms with Crippen molar-refractivity contribution in [2.45, 2.75) is 38.8 Å². The first kappa shape index (κ1) is 18.3. The number of hydrogen-bond acceptors (Lipinski definition) is 4. The predicted octanol–water partition coefficient (Wildman–Crippen LogP) is 0.706. The monoisotopic (exact) mass is 337 g/mol. The number of carbonyl (C=O) groups is 2. The number of rotatable bonds is 3. The molecular formula is C16H27N5O3. The fourth-order valence-electron chi connectivity index (χ4n) is 2.39. The zero-order chi connectivity index (χ0) is 17.9. The Morgan fingerprint density at radius 1 is 1.46 bits per heavy atom. The zero-order valence-electron chi connectivity index (χ0n) is 15.0. The summed E-state index contributed by atoms with van der Waals surface area (Å²) in [6.07, 6.45) is -0.598. The predicted molar refractivity (Wildman–Crippen MR) is 89.5 cm³/mol. The van der Waals surface area contributed by atoms with E-state index in [4.69, 9.17) is 4.74 Å². The highest BCUT2D eigenvalue weighted by atomic mass is 16.5. The molecule has 1 aromatic rings. The second kappa shape index (κ2) is 7.21. The number of hydrogen-bond donors (Lipinski definition) is 2. The molecule has 0 spiro atoms. The average molecular weight is 337 g/mol. The maximum Gasteiger partial charge on any atom is 0.317 e. The van der Waals surface area contributed by atoms with Crippen LogP contribution in [-0.4, -0.2) is 71.8 Å². The van der Waals surface area contributed by atoms with E-state index in [9.17, 15) is 9.59 Å². The summed E-state index contributed by atoms with van der Waals surface area (Å²) in [4.78, 5) is 27.4. The minimum absolute atomic E-state index is 0.0390. The second-order valence-corrected chi connectivity index (χ2v) is 7.23. The molecule has 0 bridgehead atoms. The smallest absolute Gasteiger partial charge is 0.317 e. The molecule has 1 unspecified atom stereocenters. The molecule has 1 aromatic heterocycles. The largest absolute Gasteiger partial charge is 0.365 e. The lowest BCUT2D eigenvalue weighted by molar-refractivity contribution is -0.145. The highest BCUT2D eigenvalue weighted by molar-refractivity contribution is 5.82. The van der Waals surface area contributed by atoms with E-state index >= 15 is 0 Å². The van der Waals surface area contributed by atoms with Gasteiger partial charge in [-0.25, -0.2) is 4.79 Å². The molecular weight excluding hydrogens is 310 g/mol. The fourth-order valence-corrected chi connectivity index (χ4v) is 2.39. The Labute approximate surface area is 142 Å². The fraction of sp³-hybridized carbons (Fsp3) is 0.688. The van der Waals surface area contributed by atoms with Gasteiger partial charge in [-0.1, -0.05) is 20.8 Å². The lowest BCUT2D eigenvalue weighted by Gasteiger charge is -2.33. The summed E-state index contributed by atoms with van der Waals surface area (Å²) in [5, 5.41) is 10.1. The van der Waals surface area contributed by atoms with Crippen molar-refractivity contribution >= 4 is 11.9 Å². The Kier molecular flexibility index (Phi) is 5.48. The van der Waals surface area contributed by atoms with Crippen molar-refractivity contribution in [1.82, 2.24) is 25.3 Å². The lowest BCUT2D eigenvalue weighted by Crippen LogP contribution is -2.53. The van der Waals surface area contributed by atoms with Crippen LogP contribution in [0.4, 0.5) is 4.79 Å². The second-order valence-electron chi connectivity index (χ2n) is 7.23. The number of amides is 3. The van der Waals surface area contributed by atoms with Crippen LogP contribution in [0.25, 0.3) is 0 Å². The molecule has 134 valence electrons. The number of nitrogens with zero attached hydrogens (tertiary/aromatic N) is 3. The number of urea groups is 1. The van der Waals surface area contributed by atoms with E-state index < -0.39 is 6.10 Å². The molecule has 1 aliphatic rings. The van der Waals surface area contributed by atoms with Gasteiger partial charge in [0, 0.05) is 26.1 Å². The van der Waals surface area contributed by atoms with Crippen LogP contribution in [0.5, 0.6) is 0 Å². The van der Waals surface area contributed by atoms with Crippen LogP contribution in [0, 0.1) is 0 Å². The Morgan fingerprint density at radius 2 is 2.17 bits per heavy atom. The Hall–Kier alpha value is -2.09. The maximum absolute atomic E-state index is 12.3. The molecule has 3 amide bonds. The van der Waals surface area contributed by atoms with Gasteiger partial charge in [-0.05, 0) is 6.07 Å². The standard InChI is InChI=1S/C16H27N5O3/c1-16(2,3)13-8-11(18-19-13)9-17-15(23)21-6-7-24-12(10-21)14(22)20(4)5/h8,12H,6-7,9-10H2,1-5H3,(H,17,23)(H,18,19). The topological polar surface area (TPSA) is 90.6 Å². The molecule has 2 rings (SSSR count). The van der Waals surface area contributed by atoms with Crippen molar-refractivity contribution in [3.63, 3.8) is 0 Å². The van der Waals surface area contributed by atoms with Gasteiger partial charge in [0.2, 0.25) is 0 Å². The number of aromatic amines is 1. The van der Waals surface area contributed by atoms with Crippen LogP contribution < -0.4 is 5.32 Å². The molecule has 2 N–H and O–H groups in total. The molecule has 0 saturated carbocycles. The van der Waals surface area contributed by atoms with E-state index in [0.717, 1.165) is 11.4 Å². The Morgan fingerprint density at radius 3 is 2.75 bits per heavy atom. The van der Waals surface area contributed by atoms with Crippen molar-refractivity contribution < 1.29 is 14.3 Å². The van der Waals surface area contributed by atoms with Crippen LogP contribution in [0.2, 0.25) is 0 Å². The third-order valence-corrected chi connectivity index (χ3v) is 3.90. The molecule has 1 atom stereocenters. The van der Waals surface area contributed by atoms with E-state index in [1.165, 1.54) is 4.90 Å².